The number of rotatable bonds is 6. The molecule has 0 aromatic heterocycles. The Morgan fingerprint density at radius 2 is 1.78 bits per heavy atom. The van der Waals surface area contributed by atoms with E-state index in [1.54, 1.807) is 48.5 Å². The molecule has 1 amide bonds. The summed E-state index contributed by atoms with van der Waals surface area (Å²) in [7, 11) is 0. The fraction of sp³-hybridized carbons (Fsp3) is 0.118. The van der Waals surface area contributed by atoms with E-state index in [2.05, 4.69) is 10.5 Å². The van der Waals surface area contributed by atoms with Crippen molar-refractivity contribution >= 4 is 18.1 Å². The highest BCUT2D eigenvalue weighted by Gasteiger charge is 2.11. The highest BCUT2D eigenvalue weighted by atomic mass is 16.5. The zero-order valence-electron chi connectivity index (χ0n) is 12.5. The third-order valence-electron chi connectivity index (χ3n) is 2.96. The number of nitrogens with zero attached hydrogens (tertiary/aromatic N) is 1. The van der Waals surface area contributed by atoms with Gasteiger partial charge in [-0.25, -0.2) is 10.2 Å². The fourth-order valence-corrected chi connectivity index (χ4v) is 1.71. The summed E-state index contributed by atoms with van der Waals surface area (Å²) in [6.45, 7) is 1.46. The Morgan fingerprint density at radius 1 is 1.13 bits per heavy atom. The van der Waals surface area contributed by atoms with Crippen LogP contribution in [0.2, 0.25) is 0 Å². The SMILES string of the molecule is C[C@H](Oc1ccc(/C=N\NC(=O)c2ccccc2)cc1)C(=O)O. The number of carbonyl (C=O) groups excluding carboxylic acids is 1. The number of carboxylic acid groups (broad SMARTS) is 1. The number of hydrogen-bond donors (Lipinski definition) is 2. The first kappa shape index (κ1) is 16.2. The van der Waals surface area contributed by atoms with Gasteiger partial charge in [-0.1, -0.05) is 18.2 Å². The highest BCUT2D eigenvalue weighted by molar-refractivity contribution is 5.94. The Labute approximate surface area is 133 Å². The van der Waals surface area contributed by atoms with Crippen LogP contribution in [0.25, 0.3) is 0 Å². The lowest BCUT2D eigenvalue weighted by Gasteiger charge is -2.09. The van der Waals surface area contributed by atoms with Crippen molar-refractivity contribution in [3.63, 3.8) is 0 Å². The second kappa shape index (κ2) is 7.74. The third kappa shape index (κ3) is 4.96. The number of nitrogens with one attached hydrogen (secondary N) is 1. The number of carboxylic acids is 1. The van der Waals surface area contributed by atoms with Crippen molar-refractivity contribution in [2.45, 2.75) is 13.0 Å². The number of aliphatic carboxylic acids is 1. The molecule has 0 saturated carbocycles. The predicted octanol–water partition coefficient (Wildman–Crippen LogP) is 2.30. The monoisotopic (exact) mass is 312 g/mol. The Balaban J connectivity index is 1.90. The van der Waals surface area contributed by atoms with Gasteiger partial charge in [-0.2, -0.15) is 5.10 Å². The molecule has 0 bridgehead atoms. The zero-order chi connectivity index (χ0) is 16.7. The molecule has 0 unspecified atom stereocenters. The van der Waals surface area contributed by atoms with E-state index in [4.69, 9.17) is 9.84 Å². The Hall–Kier alpha value is -3.15. The molecule has 2 aromatic rings. The van der Waals surface area contributed by atoms with Crippen molar-refractivity contribution in [3.8, 4) is 5.75 Å². The summed E-state index contributed by atoms with van der Waals surface area (Å²) in [6, 6.07) is 15.5. The van der Waals surface area contributed by atoms with Crippen LogP contribution in [0.4, 0.5) is 0 Å². The standard InChI is InChI=1S/C17H16N2O4/c1-12(17(21)22)23-15-9-7-13(8-10-15)11-18-19-16(20)14-5-3-2-4-6-14/h2-12H,1H3,(H,19,20)(H,21,22)/b18-11-/t12-/m0/s1. The maximum absolute atomic E-state index is 11.8. The van der Waals surface area contributed by atoms with Gasteiger partial charge in [0.15, 0.2) is 6.10 Å². The maximum atomic E-state index is 11.8. The molecule has 2 N–H and O–H groups in total. The molecule has 0 radical (unpaired) electrons. The molecule has 2 aromatic carbocycles. The number of benzene rings is 2. The van der Waals surface area contributed by atoms with Gasteiger partial charge >= 0.3 is 5.97 Å². The second-order valence-electron chi connectivity index (χ2n) is 4.73. The summed E-state index contributed by atoms with van der Waals surface area (Å²) in [6.07, 6.45) is 0.574. The van der Waals surface area contributed by atoms with E-state index in [0.717, 1.165) is 5.56 Å². The summed E-state index contributed by atoms with van der Waals surface area (Å²) in [5.41, 5.74) is 3.70. The minimum Gasteiger partial charge on any atom is -0.479 e. The fourth-order valence-electron chi connectivity index (χ4n) is 1.71. The number of carbonyl (C=O) groups is 2. The van der Waals surface area contributed by atoms with E-state index in [0.29, 0.717) is 11.3 Å². The number of ether oxygens (including phenoxy) is 1. The Bertz CT molecular complexity index is 696. The van der Waals surface area contributed by atoms with Crippen molar-refractivity contribution in [1.29, 1.82) is 0 Å². The largest absolute Gasteiger partial charge is 0.479 e. The average Bonchev–Trinajstić information content (AvgIpc) is 2.57. The molecule has 0 aliphatic rings. The van der Waals surface area contributed by atoms with Gasteiger partial charge in [0.25, 0.3) is 5.91 Å². The second-order valence-corrected chi connectivity index (χ2v) is 4.73. The minimum atomic E-state index is -1.03. The van der Waals surface area contributed by atoms with Gasteiger partial charge in [-0.3, -0.25) is 4.79 Å². The lowest BCUT2D eigenvalue weighted by atomic mass is 10.2. The van der Waals surface area contributed by atoms with Gasteiger partial charge < -0.3 is 9.84 Å². The quantitative estimate of drug-likeness (QED) is 0.633. The van der Waals surface area contributed by atoms with Crippen molar-refractivity contribution in [3.05, 3.63) is 65.7 Å². The van der Waals surface area contributed by atoms with Crippen molar-refractivity contribution in [1.82, 2.24) is 5.43 Å². The van der Waals surface area contributed by atoms with Crippen molar-refractivity contribution in [2.24, 2.45) is 5.10 Å². The van der Waals surface area contributed by atoms with E-state index in [9.17, 15) is 9.59 Å². The zero-order valence-corrected chi connectivity index (χ0v) is 12.5. The Kier molecular flexibility index (Phi) is 5.46. The Morgan fingerprint density at radius 3 is 2.39 bits per heavy atom. The van der Waals surface area contributed by atoms with Crippen LogP contribution in [-0.4, -0.2) is 29.3 Å². The molecule has 0 spiro atoms. The van der Waals surface area contributed by atoms with Gasteiger partial charge in [-0.15, -0.1) is 0 Å². The summed E-state index contributed by atoms with van der Waals surface area (Å²) >= 11 is 0. The molecule has 0 heterocycles. The number of hydrazone groups is 1. The summed E-state index contributed by atoms with van der Waals surface area (Å²) in [4.78, 5) is 22.5. The van der Waals surface area contributed by atoms with E-state index >= 15 is 0 Å². The minimum absolute atomic E-state index is 0.294. The summed E-state index contributed by atoms with van der Waals surface area (Å²) in [5.74, 6) is -0.873. The molecular formula is C17H16N2O4. The summed E-state index contributed by atoms with van der Waals surface area (Å²) in [5, 5.41) is 12.7. The topological polar surface area (TPSA) is 88.0 Å². The smallest absolute Gasteiger partial charge is 0.344 e. The summed E-state index contributed by atoms with van der Waals surface area (Å²) < 4.78 is 5.22. The van der Waals surface area contributed by atoms with Gasteiger partial charge in [0, 0.05) is 5.56 Å². The van der Waals surface area contributed by atoms with Crippen molar-refractivity contribution < 1.29 is 19.4 Å². The van der Waals surface area contributed by atoms with Crippen molar-refractivity contribution in [2.75, 3.05) is 0 Å². The number of amides is 1. The van der Waals surface area contributed by atoms with E-state index in [1.807, 2.05) is 6.07 Å². The molecule has 2 rings (SSSR count). The molecule has 0 aliphatic heterocycles. The molecule has 0 aliphatic carbocycles. The molecular weight excluding hydrogens is 296 g/mol. The van der Waals surface area contributed by atoms with Gasteiger partial charge in [0.2, 0.25) is 0 Å². The molecule has 0 saturated heterocycles. The van der Waals surface area contributed by atoms with Crippen LogP contribution in [-0.2, 0) is 4.79 Å². The van der Waals surface area contributed by atoms with Gasteiger partial charge in [0.05, 0.1) is 6.21 Å². The third-order valence-corrected chi connectivity index (χ3v) is 2.96. The molecule has 23 heavy (non-hydrogen) atoms. The van der Waals surface area contributed by atoms with Crippen LogP contribution in [0.1, 0.15) is 22.8 Å². The van der Waals surface area contributed by atoms with Gasteiger partial charge in [-0.05, 0) is 48.9 Å². The first-order valence-corrected chi connectivity index (χ1v) is 6.94. The van der Waals surface area contributed by atoms with Crippen LogP contribution in [0.15, 0.2) is 59.7 Å². The van der Waals surface area contributed by atoms with Crippen LogP contribution in [0.5, 0.6) is 5.75 Å². The van der Waals surface area contributed by atoms with E-state index in [1.165, 1.54) is 13.1 Å². The predicted molar refractivity (Wildman–Crippen MR) is 85.7 cm³/mol. The van der Waals surface area contributed by atoms with E-state index < -0.39 is 12.1 Å². The van der Waals surface area contributed by atoms with Crippen LogP contribution >= 0.6 is 0 Å². The highest BCUT2D eigenvalue weighted by Crippen LogP contribution is 2.13. The lowest BCUT2D eigenvalue weighted by Crippen LogP contribution is -2.22. The molecule has 118 valence electrons. The first-order chi connectivity index (χ1) is 11.1. The van der Waals surface area contributed by atoms with Crippen LogP contribution in [0.3, 0.4) is 0 Å². The van der Waals surface area contributed by atoms with Gasteiger partial charge in [0.1, 0.15) is 5.75 Å². The maximum Gasteiger partial charge on any atom is 0.344 e. The normalized spacial score (nSPS) is 11.9. The molecule has 0 fully saturated rings. The molecule has 1 atom stereocenters. The van der Waals surface area contributed by atoms with E-state index in [-0.39, 0.29) is 5.91 Å². The van der Waals surface area contributed by atoms with Crippen LogP contribution in [0, 0.1) is 0 Å². The average molecular weight is 312 g/mol. The lowest BCUT2D eigenvalue weighted by molar-refractivity contribution is -0.144. The van der Waals surface area contributed by atoms with Crippen LogP contribution < -0.4 is 10.2 Å². The molecule has 6 heteroatoms. The first-order valence-electron chi connectivity index (χ1n) is 6.94. The molecule has 6 nitrogen and oxygen atoms in total. The number of hydrogen-bond acceptors (Lipinski definition) is 4.